The molecular weight excluding hydrogens is 360 g/mol. The Bertz CT molecular complexity index is 701. The third kappa shape index (κ3) is 5.41. The molecule has 0 radical (unpaired) electrons. The second kappa shape index (κ2) is 9.86. The second-order valence-corrected chi connectivity index (χ2v) is 7.77. The maximum Gasteiger partial charge on any atom is 0.243 e. The molecule has 1 aromatic rings. The van der Waals surface area contributed by atoms with Gasteiger partial charge in [-0.05, 0) is 30.2 Å². The van der Waals surface area contributed by atoms with Gasteiger partial charge in [0.2, 0.25) is 15.9 Å². The van der Waals surface area contributed by atoms with E-state index in [4.69, 9.17) is 14.2 Å². The first-order valence-corrected chi connectivity index (χ1v) is 9.93. The molecule has 2 rings (SSSR count). The molecular formula is C17H26N2O6S. The van der Waals surface area contributed by atoms with E-state index >= 15 is 0 Å². The van der Waals surface area contributed by atoms with Gasteiger partial charge in [-0.3, -0.25) is 4.79 Å². The summed E-state index contributed by atoms with van der Waals surface area (Å²) in [5.41, 5.74) is 0.684. The Kier molecular flexibility index (Phi) is 7.83. The summed E-state index contributed by atoms with van der Waals surface area (Å²) in [7, 11) is -0.497. The van der Waals surface area contributed by atoms with E-state index in [0.717, 1.165) is 0 Å². The number of hydrogen-bond donors (Lipinski definition) is 1. The molecule has 0 atom stereocenters. The molecule has 1 aliphatic rings. The fraction of sp³-hybridized carbons (Fsp3) is 0.588. The lowest BCUT2D eigenvalue weighted by Crippen LogP contribution is -2.40. The van der Waals surface area contributed by atoms with Gasteiger partial charge >= 0.3 is 0 Å². The molecule has 146 valence electrons. The standard InChI is InChI=1S/C17H26N2O6S/c1-23-10-7-18-17(20)6-3-14-13-15(4-5-16(14)24-2)26(21,22)19-8-11-25-12-9-19/h4-5,13H,3,6-12H2,1-2H3,(H,18,20). The van der Waals surface area contributed by atoms with E-state index in [1.54, 1.807) is 19.2 Å². The lowest BCUT2D eigenvalue weighted by molar-refractivity contribution is -0.121. The first kappa shape index (κ1) is 20.6. The van der Waals surface area contributed by atoms with Gasteiger partial charge in [0, 0.05) is 33.2 Å². The summed E-state index contributed by atoms with van der Waals surface area (Å²) in [6.07, 6.45) is 0.621. The van der Waals surface area contributed by atoms with Gasteiger partial charge in [0.25, 0.3) is 0 Å². The van der Waals surface area contributed by atoms with E-state index in [1.807, 2.05) is 0 Å². The Morgan fingerprint density at radius 1 is 1.27 bits per heavy atom. The minimum atomic E-state index is -3.58. The number of benzene rings is 1. The molecule has 1 aliphatic heterocycles. The molecule has 0 saturated carbocycles. The van der Waals surface area contributed by atoms with Crippen LogP contribution in [0.1, 0.15) is 12.0 Å². The third-order valence-corrected chi connectivity index (χ3v) is 6.00. The Morgan fingerprint density at radius 3 is 2.65 bits per heavy atom. The Balaban J connectivity index is 2.11. The number of methoxy groups -OCH3 is 2. The Morgan fingerprint density at radius 2 is 2.00 bits per heavy atom. The summed E-state index contributed by atoms with van der Waals surface area (Å²) in [5, 5.41) is 2.74. The van der Waals surface area contributed by atoms with Crippen molar-refractivity contribution in [1.82, 2.24) is 9.62 Å². The molecule has 0 aromatic heterocycles. The number of aryl methyl sites for hydroxylation is 1. The van der Waals surface area contributed by atoms with Crippen molar-refractivity contribution in [2.75, 3.05) is 53.7 Å². The number of sulfonamides is 1. The van der Waals surface area contributed by atoms with Crippen LogP contribution in [0.15, 0.2) is 23.1 Å². The molecule has 8 nitrogen and oxygen atoms in total. The number of rotatable bonds is 9. The van der Waals surface area contributed by atoms with Gasteiger partial charge in [0.15, 0.2) is 0 Å². The summed E-state index contributed by atoms with van der Waals surface area (Å²) < 4.78 is 42.4. The van der Waals surface area contributed by atoms with Gasteiger partial charge < -0.3 is 19.5 Å². The smallest absolute Gasteiger partial charge is 0.243 e. The van der Waals surface area contributed by atoms with Crippen molar-refractivity contribution in [3.63, 3.8) is 0 Å². The maximum absolute atomic E-state index is 12.8. The molecule has 1 heterocycles. The van der Waals surface area contributed by atoms with Crippen LogP contribution in [0.5, 0.6) is 5.75 Å². The highest BCUT2D eigenvalue weighted by molar-refractivity contribution is 7.89. The average Bonchev–Trinajstić information content (AvgIpc) is 2.67. The van der Waals surface area contributed by atoms with Gasteiger partial charge in [-0.1, -0.05) is 0 Å². The molecule has 26 heavy (non-hydrogen) atoms. The van der Waals surface area contributed by atoms with Crippen LogP contribution < -0.4 is 10.1 Å². The first-order valence-electron chi connectivity index (χ1n) is 8.49. The summed E-state index contributed by atoms with van der Waals surface area (Å²) >= 11 is 0. The fourth-order valence-corrected chi connectivity index (χ4v) is 4.14. The molecule has 0 spiro atoms. The minimum absolute atomic E-state index is 0.120. The Labute approximate surface area is 154 Å². The van der Waals surface area contributed by atoms with E-state index in [1.165, 1.54) is 17.5 Å². The predicted molar refractivity (Wildman–Crippen MR) is 95.8 cm³/mol. The number of amides is 1. The van der Waals surface area contributed by atoms with Crippen LogP contribution in [0.2, 0.25) is 0 Å². The van der Waals surface area contributed by atoms with Gasteiger partial charge in [-0.15, -0.1) is 0 Å². The van der Waals surface area contributed by atoms with E-state index in [0.29, 0.717) is 57.2 Å². The fourth-order valence-electron chi connectivity index (χ4n) is 2.68. The zero-order valence-corrected chi connectivity index (χ0v) is 16.0. The van der Waals surface area contributed by atoms with E-state index in [2.05, 4.69) is 5.32 Å². The molecule has 1 fully saturated rings. The van der Waals surface area contributed by atoms with Gasteiger partial charge in [0.05, 0.1) is 31.8 Å². The number of carbonyl (C=O) groups is 1. The molecule has 9 heteroatoms. The van der Waals surface area contributed by atoms with Crippen LogP contribution in [0.25, 0.3) is 0 Å². The topological polar surface area (TPSA) is 94.2 Å². The van der Waals surface area contributed by atoms with Crippen molar-refractivity contribution in [2.24, 2.45) is 0 Å². The highest BCUT2D eigenvalue weighted by Gasteiger charge is 2.27. The second-order valence-electron chi connectivity index (χ2n) is 5.83. The SMILES string of the molecule is COCCNC(=O)CCc1cc(S(=O)(=O)N2CCOCC2)ccc1OC. The molecule has 1 saturated heterocycles. The molecule has 1 amide bonds. The van der Waals surface area contributed by atoms with Gasteiger partial charge in [0.1, 0.15) is 5.75 Å². The minimum Gasteiger partial charge on any atom is -0.496 e. The van der Waals surface area contributed by atoms with Crippen molar-refractivity contribution in [1.29, 1.82) is 0 Å². The Hall–Kier alpha value is -1.68. The van der Waals surface area contributed by atoms with Crippen LogP contribution in [-0.4, -0.2) is 72.3 Å². The summed E-state index contributed by atoms with van der Waals surface area (Å²) in [6.45, 7) is 2.35. The van der Waals surface area contributed by atoms with Crippen molar-refractivity contribution in [2.45, 2.75) is 17.7 Å². The number of nitrogens with one attached hydrogen (secondary N) is 1. The van der Waals surface area contributed by atoms with Crippen LogP contribution in [0.4, 0.5) is 0 Å². The number of carbonyl (C=O) groups excluding carboxylic acids is 1. The third-order valence-electron chi connectivity index (χ3n) is 4.11. The van der Waals surface area contributed by atoms with Crippen LogP contribution in [0.3, 0.4) is 0 Å². The average molecular weight is 386 g/mol. The van der Waals surface area contributed by atoms with E-state index < -0.39 is 10.0 Å². The first-order chi connectivity index (χ1) is 12.5. The number of morpholine rings is 1. The molecule has 0 aliphatic carbocycles. The zero-order chi connectivity index (χ0) is 19.0. The summed E-state index contributed by atoms with van der Waals surface area (Å²) in [6, 6.07) is 4.75. The monoisotopic (exact) mass is 386 g/mol. The number of nitrogens with zero attached hydrogens (tertiary/aromatic N) is 1. The molecule has 1 aromatic carbocycles. The van der Waals surface area contributed by atoms with Crippen molar-refractivity contribution in [3.05, 3.63) is 23.8 Å². The largest absolute Gasteiger partial charge is 0.496 e. The molecule has 0 bridgehead atoms. The highest BCUT2D eigenvalue weighted by Crippen LogP contribution is 2.26. The quantitative estimate of drug-likeness (QED) is 0.618. The lowest BCUT2D eigenvalue weighted by Gasteiger charge is -2.26. The molecule has 0 unspecified atom stereocenters. The normalized spacial score (nSPS) is 15.6. The molecule has 1 N–H and O–H groups in total. The number of ether oxygens (including phenoxy) is 3. The number of hydrogen-bond acceptors (Lipinski definition) is 6. The van der Waals surface area contributed by atoms with Crippen LogP contribution in [-0.2, 0) is 30.7 Å². The van der Waals surface area contributed by atoms with Crippen molar-refractivity contribution < 1.29 is 27.4 Å². The summed E-state index contributed by atoms with van der Waals surface area (Å²) in [4.78, 5) is 12.1. The van der Waals surface area contributed by atoms with E-state index in [-0.39, 0.29) is 17.2 Å². The predicted octanol–water partition coefficient (Wildman–Crippen LogP) is 0.411. The lowest BCUT2D eigenvalue weighted by atomic mass is 10.1. The van der Waals surface area contributed by atoms with Gasteiger partial charge in [-0.25, -0.2) is 8.42 Å². The van der Waals surface area contributed by atoms with Crippen molar-refractivity contribution in [3.8, 4) is 5.75 Å². The summed E-state index contributed by atoms with van der Waals surface area (Å²) in [5.74, 6) is 0.446. The van der Waals surface area contributed by atoms with Crippen molar-refractivity contribution >= 4 is 15.9 Å². The maximum atomic E-state index is 12.8. The zero-order valence-electron chi connectivity index (χ0n) is 15.2. The highest BCUT2D eigenvalue weighted by atomic mass is 32.2. The van der Waals surface area contributed by atoms with E-state index in [9.17, 15) is 13.2 Å². The van der Waals surface area contributed by atoms with Gasteiger partial charge in [-0.2, -0.15) is 4.31 Å². The van der Waals surface area contributed by atoms with Crippen LogP contribution in [0, 0.1) is 0 Å². The van der Waals surface area contributed by atoms with Crippen LogP contribution >= 0.6 is 0 Å².